The van der Waals surface area contributed by atoms with Crippen LogP contribution in [-0.4, -0.2) is 40.9 Å². The number of aromatic nitrogens is 3. The lowest BCUT2D eigenvalue weighted by molar-refractivity contribution is 0.0606. The third kappa shape index (κ3) is 3.44. The Hall–Kier alpha value is -3.69. The molecule has 0 bridgehead atoms. The zero-order valence-corrected chi connectivity index (χ0v) is 19.4. The fraction of sp³-hybridized carbons (Fsp3) is 0.240. The molecule has 9 heteroatoms. The van der Waals surface area contributed by atoms with Crippen LogP contribution >= 0.6 is 11.3 Å². The van der Waals surface area contributed by atoms with Crippen LogP contribution < -0.4 is 11.1 Å². The SMILES string of the molecule is COC(=O)c1cc2cccc(-c3cc4c(-c5cnn(C6CCNCC6)c5)cnc(N)c4o3)c2s1. The fourth-order valence-electron chi connectivity index (χ4n) is 4.61. The molecule has 1 aromatic carbocycles. The number of furan rings is 1. The highest BCUT2D eigenvalue weighted by atomic mass is 32.1. The lowest BCUT2D eigenvalue weighted by Crippen LogP contribution is -2.29. The molecule has 0 amide bonds. The molecule has 4 aromatic heterocycles. The van der Waals surface area contributed by atoms with Gasteiger partial charge in [0, 0.05) is 39.2 Å². The van der Waals surface area contributed by atoms with E-state index in [0.717, 1.165) is 58.1 Å². The topological polar surface area (TPSA) is 108 Å². The van der Waals surface area contributed by atoms with E-state index < -0.39 is 0 Å². The summed E-state index contributed by atoms with van der Waals surface area (Å²) >= 11 is 1.39. The number of nitrogens with two attached hydrogens (primary N) is 1. The Kier molecular flexibility index (Phi) is 5.08. The summed E-state index contributed by atoms with van der Waals surface area (Å²) in [5.41, 5.74) is 9.54. The molecule has 3 N–H and O–H groups in total. The summed E-state index contributed by atoms with van der Waals surface area (Å²) < 4.78 is 14.1. The molecule has 5 heterocycles. The molecule has 1 saturated heterocycles. The molecule has 0 spiro atoms. The highest BCUT2D eigenvalue weighted by Crippen LogP contribution is 2.41. The van der Waals surface area contributed by atoms with Crippen LogP contribution in [0, 0.1) is 0 Å². The normalized spacial score (nSPS) is 14.7. The van der Waals surface area contributed by atoms with Gasteiger partial charge in [-0.1, -0.05) is 12.1 Å². The maximum Gasteiger partial charge on any atom is 0.348 e. The van der Waals surface area contributed by atoms with E-state index in [-0.39, 0.29) is 5.97 Å². The second-order valence-electron chi connectivity index (χ2n) is 8.43. The maximum atomic E-state index is 12.1. The number of benzene rings is 1. The molecule has 1 fully saturated rings. The monoisotopic (exact) mass is 473 g/mol. The van der Waals surface area contributed by atoms with Crippen molar-refractivity contribution in [3.63, 3.8) is 0 Å². The number of nitrogen functional groups attached to an aromatic ring is 1. The van der Waals surface area contributed by atoms with E-state index in [9.17, 15) is 4.79 Å². The van der Waals surface area contributed by atoms with Gasteiger partial charge < -0.3 is 20.2 Å². The van der Waals surface area contributed by atoms with Gasteiger partial charge in [-0.3, -0.25) is 4.68 Å². The van der Waals surface area contributed by atoms with Crippen LogP contribution in [0.2, 0.25) is 0 Å². The van der Waals surface area contributed by atoms with Gasteiger partial charge in [-0.05, 0) is 49.5 Å². The van der Waals surface area contributed by atoms with Crippen molar-refractivity contribution in [3.05, 3.63) is 53.8 Å². The summed E-state index contributed by atoms with van der Waals surface area (Å²) in [4.78, 5) is 17.0. The number of nitrogens with zero attached hydrogens (tertiary/aromatic N) is 3. The van der Waals surface area contributed by atoms with Crippen LogP contribution in [0.15, 0.2) is 53.3 Å². The number of methoxy groups -OCH3 is 1. The number of hydrogen-bond acceptors (Lipinski definition) is 8. The zero-order chi connectivity index (χ0) is 23.2. The molecule has 0 unspecified atom stereocenters. The number of rotatable bonds is 4. The fourth-order valence-corrected chi connectivity index (χ4v) is 5.71. The molecule has 6 rings (SSSR count). The Labute approximate surface area is 199 Å². The zero-order valence-electron chi connectivity index (χ0n) is 18.6. The van der Waals surface area contributed by atoms with Crippen molar-refractivity contribution in [3.8, 4) is 22.5 Å². The molecular formula is C25H23N5O3S. The number of esters is 1. The number of thiophene rings is 1. The average Bonchev–Trinajstić information content (AvgIpc) is 3.62. The minimum absolute atomic E-state index is 0.337. The van der Waals surface area contributed by atoms with Crippen molar-refractivity contribution in [2.24, 2.45) is 0 Å². The first-order chi connectivity index (χ1) is 16.6. The van der Waals surface area contributed by atoms with E-state index in [0.29, 0.717) is 28.1 Å². The first-order valence-electron chi connectivity index (χ1n) is 11.2. The molecule has 0 aliphatic carbocycles. The Morgan fingerprint density at radius 2 is 2.09 bits per heavy atom. The number of piperidine rings is 1. The Morgan fingerprint density at radius 3 is 2.91 bits per heavy atom. The lowest BCUT2D eigenvalue weighted by atomic mass is 10.1. The summed E-state index contributed by atoms with van der Waals surface area (Å²) in [6, 6.07) is 10.1. The van der Waals surface area contributed by atoms with E-state index in [1.54, 1.807) is 6.20 Å². The minimum Gasteiger partial charge on any atom is -0.465 e. The first-order valence-corrected chi connectivity index (χ1v) is 12.0. The van der Waals surface area contributed by atoms with E-state index in [1.165, 1.54) is 18.4 Å². The summed E-state index contributed by atoms with van der Waals surface area (Å²) in [7, 11) is 1.39. The number of hydrogen-bond donors (Lipinski definition) is 2. The predicted octanol–water partition coefficient (Wildman–Crippen LogP) is 4.87. The number of carbonyl (C=O) groups is 1. The van der Waals surface area contributed by atoms with Crippen molar-refractivity contribution in [1.82, 2.24) is 20.1 Å². The second-order valence-corrected chi connectivity index (χ2v) is 9.48. The number of pyridine rings is 1. The molecular weight excluding hydrogens is 450 g/mol. The molecule has 34 heavy (non-hydrogen) atoms. The molecule has 172 valence electrons. The van der Waals surface area contributed by atoms with E-state index in [4.69, 9.17) is 14.9 Å². The Morgan fingerprint density at radius 1 is 1.24 bits per heavy atom. The van der Waals surface area contributed by atoms with Crippen LogP contribution in [0.4, 0.5) is 5.82 Å². The van der Waals surface area contributed by atoms with Gasteiger partial charge in [0.2, 0.25) is 0 Å². The van der Waals surface area contributed by atoms with Crippen molar-refractivity contribution < 1.29 is 13.9 Å². The predicted molar refractivity (Wildman–Crippen MR) is 133 cm³/mol. The number of nitrogens with one attached hydrogen (secondary N) is 1. The smallest absolute Gasteiger partial charge is 0.348 e. The highest BCUT2D eigenvalue weighted by molar-refractivity contribution is 7.21. The van der Waals surface area contributed by atoms with Gasteiger partial charge in [0.25, 0.3) is 0 Å². The Bertz CT molecular complexity index is 1530. The summed E-state index contributed by atoms with van der Waals surface area (Å²) in [5.74, 6) is 0.660. The van der Waals surface area contributed by atoms with Crippen LogP contribution in [0.1, 0.15) is 28.6 Å². The number of carbonyl (C=O) groups excluding carboxylic acids is 1. The van der Waals surface area contributed by atoms with Crippen molar-refractivity contribution in [2.75, 3.05) is 25.9 Å². The minimum atomic E-state index is -0.349. The van der Waals surface area contributed by atoms with Gasteiger partial charge >= 0.3 is 5.97 Å². The second kappa shape index (κ2) is 8.27. The van der Waals surface area contributed by atoms with E-state index in [2.05, 4.69) is 26.3 Å². The average molecular weight is 474 g/mol. The van der Waals surface area contributed by atoms with Gasteiger partial charge in [0.1, 0.15) is 10.6 Å². The van der Waals surface area contributed by atoms with Crippen molar-refractivity contribution in [2.45, 2.75) is 18.9 Å². The van der Waals surface area contributed by atoms with Crippen molar-refractivity contribution >= 4 is 44.2 Å². The van der Waals surface area contributed by atoms with Crippen LogP contribution in [-0.2, 0) is 4.74 Å². The largest absolute Gasteiger partial charge is 0.465 e. The highest BCUT2D eigenvalue weighted by Gasteiger charge is 2.20. The van der Waals surface area contributed by atoms with Crippen LogP contribution in [0.5, 0.6) is 0 Å². The van der Waals surface area contributed by atoms with Gasteiger partial charge in [-0.15, -0.1) is 11.3 Å². The third-order valence-corrected chi connectivity index (χ3v) is 7.54. The quantitative estimate of drug-likeness (QED) is 0.359. The van der Waals surface area contributed by atoms with Crippen LogP contribution in [0.3, 0.4) is 0 Å². The molecule has 1 aliphatic heterocycles. The molecule has 0 radical (unpaired) electrons. The molecule has 5 aromatic rings. The molecule has 0 saturated carbocycles. The summed E-state index contributed by atoms with van der Waals surface area (Å²) in [5, 5.41) is 9.87. The molecule has 8 nitrogen and oxygen atoms in total. The van der Waals surface area contributed by atoms with Gasteiger partial charge in [0.05, 0.1) is 19.3 Å². The van der Waals surface area contributed by atoms with Crippen molar-refractivity contribution in [1.29, 1.82) is 0 Å². The third-order valence-electron chi connectivity index (χ3n) is 6.38. The van der Waals surface area contributed by atoms with Gasteiger partial charge in [-0.2, -0.15) is 5.10 Å². The van der Waals surface area contributed by atoms with E-state index >= 15 is 0 Å². The number of fused-ring (bicyclic) bond motifs is 2. The first kappa shape index (κ1) is 20.9. The van der Waals surface area contributed by atoms with Crippen LogP contribution in [0.25, 0.3) is 43.5 Å². The molecule has 0 atom stereocenters. The molecule has 1 aliphatic rings. The van der Waals surface area contributed by atoms with Gasteiger partial charge in [0.15, 0.2) is 11.4 Å². The summed E-state index contributed by atoms with van der Waals surface area (Å²) in [6.07, 6.45) is 7.86. The van der Waals surface area contributed by atoms with E-state index in [1.807, 2.05) is 36.5 Å². The van der Waals surface area contributed by atoms with Gasteiger partial charge in [-0.25, -0.2) is 9.78 Å². The summed E-state index contributed by atoms with van der Waals surface area (Å²) in [6.45, 7) is 2.01. The number of anilines is 1. The Balaban J connectivity index is 1.45. The lowest BCUT2D eigenvalue weighted by Gasteiger charge is -2.22. The standard InChI is InChI=1S/C25H23N5O3S/c1-32-25(31)21-9-14-3-2-4-17(23(14)34-21)20-10-18-19(12-28-24(26)22(18)33-20)15-11-29-30(13-15)16-5-7-27-8-6-16/h2-4,9-13,16,27H,5-8H2,1H3,(H2,26,28). The number of ether oxygens (including phenoxy) is 1. The maximum absolute atomic E-state index is 12.1.